The summed E-state index contributed by atoms with van der Waals surface area (Å²) in [4.78, 5) is 19.2. The number of aryl methyl sites for hydroxylation is 1. The van der Waals surface area contributed by atoms with Gasteiger partial charge in [0.25, 0.3) is 6.01 Å². The lowest BCUT2D eigenvalue weighted by Crippen LogP contribution is -2.44. The molecular formula is C20H18N2O3. The van der Waals surface area contributed by atoms with Crippen molar-refractivity contribution in [3.8, 4) is 5.75 Å². The summed E-state index contributed by atoms with van der Waals surface area (Å²) in [6, 6.07) is 14.1. The number of anilines is 1. The van der Waals surface area contributed by atoms with Crippen LogP contribution in [0.4, 0.5) is 6.01 Å². The number of ether oxygens (including phenoxy) is 1. The zero-order chi connectivity index (χ0) is 17.0. The van der Waals surface area contributed by atoms with Gasteiger partial charge in [-0.3, -0.25) is 4.79 Å². The Hall–Kier alpha value is -2.82. The van der Waals surface area contributed by atoms with Gasteiger partial charge in [0.1, 0.15) is 16.9 Å². The van der Waals surface area contributed by atoms with E-state index in [1.165, 1.54) is 0 Å². The van der Waals surface area contributed by atoms with Crippen molar-refractivity contribution in [1.82, 2.24) is 4.98 Å². The van der Waals surface area contributed by atoms with Crippen LogP contribution in [0, 0.1) is 6.92 Å². The summed E-state index contributed by atoms with van der Waals surface area (Å²) in [6.07, 6.45) is 1.19. The number of carbonyl (C=O) groups is 1. The highest BCUT2D eigenvalue weighted by atomic mass is 16.5. The van der Waals surface area contributed by atoms with Gasteiger partial charge >= 0.3 is 0 Å². The van der Waals surface area contributed by atoms with Gasteiger partial charge in [-0.15, -0.1) is 0 Å². The molecular weight excluding hydrogens is 316 g/mol. The van der Waals surface area contributed by atoms with Crippen LogP contribution in [0.2, 0.25) is 0 Å². The number of nitrogens with zero attached hydrogens (tertiary/aromatic N) is 2. The summed E-state index contributed by atoms with van der Waals surface area (Å²) < 4.78 is 12.2. The highest BCUT2D eigenvalue weighted by Gasteiger charge is 2.46. The smallest absolute Gasteiger partial charge is 0.298 e. The number of hydrogen-bond acceptors (Lipinski definition) is 5. The average molecular weight is 334 g/mol. The van der Waals surface area contributed by atoms with E-state index in [0.717, 1.165) is 29.6 Å². The molecule has 1 saturated heterocycles. The average Bonchev–Trinajstić information content (AvgIpc) is 3.19. The van der Waals surface area contributed by atoms with Gasteiger partial charge in [0.05, 0.1) is 18.5 Å². The van der Waals surface area contributed by atoms with E-state index in [9.17, 15) is 4.79 Å². The number of para-hydroxylation sites is 1. The van der Waals surface area contributed by atoms with Crippen molar-refractivity contribution in [1.29, 1.82) is 0 Å². The molecule has 5 nitrogen and oxygen atoms in total. The van der Waals surface area contributed by atoms with E-state index in [0.29, 0.717) is 30.3 Å². The van der Waals surface area contributed by atoms with Gasteiger partial charge in [-0.2, -0.15) is 4.98 Å². The number of ketones is 1. The normalized spacial score (nSPS) is 22.4. The van der Waals surface area contributed by atoms with Crippen LogP contribution in [0.3, 0.4) is 0 Å². The predicted octanol–water partition coefficient (Wildman–Crippen LogP) is 3.75. The monoisotopic (exact) mass is 334 g/mol. The molecule has 3 heterocycles. The first kappa shape index (κ1) is 14.5. The van der Waals surface area contributed by atoms with E-state index in [-0.39, 0.29) is 5.78 Å². The number of hydrogen-bond donors (Lipinski definition) is 0. The number of fused-ring (bicyclic) bond motifs is 2. The van der Waals surface area contributed by atoms with E-state index in [4.69, 9.17) is 9.15 Å². The Balaban J connectivity index is 1.45. The summed E-state index contributed by atoms with van der Waals surface area (Å²) in [5.74, 6) is 0.839. The number of Topliss-reactive ketones (excluding diaryl/α,β-unsaturated/α-hetero) is 1. The summed E-state index contributed by atoms with van der Waals surface area (Å²) in [6.45, 7) is 3.41. The number of carbonyl (C=O) groups excluding carboxylic acids is 1. The summed E-state index contributed by atoms with van der Waals surface area (Å²) in [5.41, 5.74) is 3.00. The van der Waals surface area contributed by atoms with Gasteiger partial charge in [-0.25, -0.2) is 0 Å². The van der Waals surface area contributed by atoms with Crippen molar-refractivity contribution in [3.63, 3.8) is 0 Å². The molecule has 2 aliphatic heterocycles. The van der Waals surface area contributed by atoms with Crippen LogP contribution in [0.15, 0.2) is 46.9 Å². The van der Waals surface area contributed by atoms with Gasteiger partial charge < -0.3 is 14.1 Å². The molecule has 25 heavy (non-hydrogen) atoms. The van der Waals surface area contributed by atoms with E-state index >= 15 is 0 Å². The maximum atomic E-state index is 12.5. The topological polar surface area (TPSA) is 55.6 Å². The van der Waals surface area contributed by atoms with Gasteiger partial charge in [0.2, 0.25) is 0 Å². The van der Waals surface area contributed by atoms with E-state index < -0.39 is 5.60 Å². The molecule has 1 aromatic heterocycles. The number of oxazole rings is 1. The molecule has 1 unspecified atom stereocenters. The molecule has 2 aromatic carbocycles. The zero-order valence-electron chi connectivity index (χ0n) is 14.0. The van der Waals surface area contributed by atoms with E-state index in [1.807, 2.05) is 49.4 Å². The predicted molar refractivity (Wildman–Crippen MR) is 94.3 cm³/mol. The molecule has 5 heteroatoms. The largest absolute Gasteiger partial charge is 0.484 e. The van der Waals surface area contributed by atoms with E-state index in [1.54, 1.807) is 0 Å². The lowest BCUT2D eigenvalue weighted by molar-refractivity contribution is 0.0537. The number of rotatable bonds is 1. The van der Waals surface area contributed by atoms with Crippen molar-refractivity contribution in [3.05, 3.63) is 53.6 Å². The Bertz CT molecular complexity index is 994. The minimum Gasteiger partial charge on any atom is -0.484 e. The SMILES string of the molecule is Cc1ccc2oc(N3CCC4(CC(=O)c5ccccc5O4)C3)nc2c1. The first-order valence-electron chi connectivity index (χ1n) is 8.55. The lowest BCUT2D eigenvalue weighted by Gasteiger charge is -2.34. The zero-order valence-corrected chi connectivity index (χ0v) is 14.0. The molecule has 2 aliphatic rings. The van der Waals surface area contributed by atoms with Gasteiger partial charge in [0.15, 0.2) is 11.4 Å². The summed E-state index contributed by atoms with van der Waals surface area (Å²) in [7, 11) is 0. The molecule has 1 fully saturated rings. The first-order valence-corrected chi connectivity index (χ1v) is 8.55. The van der Waals surface area contributed by atoms with Crippen LogP contribution in [0.25, 0.3) is 11.1 Å². The van der Waals surface area contributed by atoms with Crippen molar-refractivity contribution in [2.24, 2.45) is 0 Å². The van der Waals surface area contributed by atoms with Crippen molar-refractivity contribution >= 4 is 22.9 Å². The second-order valence-corrected chi connectivity index (χ2v) is 7.02. The minimum atomic E-state index is -0.484. The Morgan fingerprint density at radius 1 is 1.20 bits per heavy atom. The maximum absolute atomic E-state index is 12.5. The second kappa shape index (κ2) is 5.09. The molecule has 0 N–H and O–H groups in total. The third-order valence-corrected chi connectivity index (χ3v) is 5.12. The number of benzene rings is 2. The third-order valence-electron chi connectivity index (χ3n) is 5.12. The lowest BCUT2D eigenvalue weighted by atomic mass is 9.89. The highest BCUT2D eigenvalue weighted by molar-refractivity contribution is 6.00. The van der Waals surface area contributed by atoms with Crippen LogP contribution < -0.4 is 9.64 Å². The molecule has 5 rings (SSSR count). The summed E-state index contributed by atoms with van der Waals surface area (Å²) >= 11 is 0. The minimum absolute atomic E-state index is 0.150. The molecule has 1 spiro atoms. The molecule has 126 valence electrons. The Kier molecular flexibility index (Phi) is 2.95. The van der Waals surface area contributed by atoms with Crippen LogP contribution in [0.5, 0.6) is 5.75 Å². The van der Waals surface area contributed by atoms with Crippen LogP contribution in [-0.2, 0) is 0 Å². The highest BCUT2D eigenvalue weighted by Crippen LogP contribution is 2.40. The maximum Gasteiger partial charge on any atom is 0.298 e. The van der Waals surface area contributed by atoms with Gasteiger partial charge in [-0.05, 0) is 36.8 Å². The van der Waals surface area contributed by atoms with Gasteiger partial charge in [0, 0.05) is 13.0 Å². The van der Waals surface area contributed by atoms with Crippen LogP contribution in [0.1, 0.15) is 28.8 Å². The summed E-state index contributed by atoms with van der Waals surface area (Å²) in [5, 5.41) is 0. The molecule has 1 atom stereocenters. The van der Waals surface area contributed by atoms with Crippen molar-refractivity contribution in [2.75, 3.05) is 18.0 Å². The fourth-order valence-electron chi connectivity index (χ4n) is 3.84. The molecule has 0 radical (unpaired) electrons. The second-order valence-electron chi connectivity index (χ2n) is 7.02. The standard InChI is InChI=1S/C20H18N2O3/c1-13-6-7-18-15(10-13)21-19(24-18)22-9-8-20(12-22)11-16(23)14-4-2-3-5-17(14)25-20/h2-7,10H,8-9,11-12H2,1H3. The molecule has 0 amide bonds. The molecule has 0 saturated carbocycles. The van der Waals surface area contributed by atoms with Crippen LogP contribution >= 0.6 is 0 Å². The number of aromatic nitrogens is 1. The fraction of sp³-hybridized carbons (Fsp3) is 0.300. The Morgan fingerprint density at radius 3 is 3.00 bits per heavy atom. The van der Waals surface area contributed by atoms with Crippen LogP contribution in [-0.4, -0.2) is 29.5 Å². The molecule has 0 aliphatic carbocycles. The Labute approximate surface area is 145 Å². The first-order chi connectivity index (χ1) is 12.1. The quantitative estimate of drug-likeness (QED) is 0.678. The molecule has 0 bridgehead atoms. The van der Waals surface area contributed by atoms with Crippen molar-refractivity contribution < 1.29 is 13.9 Å². The fourth-order valence-corrected chi connectivity index (χ4v) is 3.84. The Morgan fingerprint density at radius 2 is 2.08 bits per heavy atom. The van der Waals surface area contributed by atoms with E-state index in [2.05, 4.69) is 9.88 Å². The van der Waals surface area contributed by atoms with Gasteiger partial charge in [-0.1, -0.05) is 18.2 Å². The van der Waals surface area contributed by atoms with Crippen molar-refractivity contribution in [2.45, 2.75) is 25.4 Å². The third kappa shape index (κ3) is 2.30. The molecule has 3 aromatic rings.